The summed E-state index contributed by atoms with van der Waals surface area (Å²) >= 11 is 0. The van der Waals surface area contributed by atoms with Gasteiger partial charge in [0.2, 0.25) is 0 Å². The van der Waals surface area contributed by atoms with Gasteiger partial charge in [-0.3, -0.25) is 0 Å². The van der Waals surface area contributed by atoms with Gasteiger partial charge in [-0.2, -0.15) is 5.10 Å². The van der Waals surface area contributed by atoms with Crippen LogP contribution in [0.5, 0.6) is 5.75 Å². The van der Waals surface area contributed by atoms with Crippen molar-refractivity contribution < 1.29 is 28.6 Å². The fraction of sp³-hybridized carbons (Fsp3) is 0.0800. The Morgan fingerprint density at radius 2 is 1.52 bits per heavy atom. The molecule has 0 radical (unpaired) electrons. The highest BCUT2D eigenvalue weighted by molar-refractivity contribution is 6.07. The topological polar surface area (TPSA) is 90.6 Å². The number of carbonyl (C=O) groups excluding carboxylic acids is 2. The lowest BCUT2D eigenvalue weighted by Gasteiger charge is -2.08. The van der Waals surface area contributed by atoms with Crippen molar-refractivity contribution in [2.75, 3.05) is 14.2 Å². The van der Waals surface area contributed by atoms with Crippen LogP contribution in [0.4, 0.5) is 4.39 Å². The minimum Gasteiger partial charge on any atom is -0.507 e. The van der Waals surface area contributed by atoms with Gasteiger partial charge in [0.25, 0.3) is 0 Å². The van der Waals surface area contributed by atoms with E-state index in [1.165, 1.54) is 37.1 Å². The smallest absolute Gasteiger partial charge is 0.357 e. The van der Waals surface area contributed by atoms with Crippen molar-refractivity contribution in [3.05, 3.63) is 89.9 Å². The second-order valence-corrected chi connectivity index (χ2v) is 7.04. The molecule has 0 unspecified atom stereocenters. The quantitative estimate of drug-likeness (QED) is 0.450. The van der Waals surface area contributed by atoms with E-state index in [1.54, 1.807) is 54.6 Å². The number of hydrogen-bond donors (Lipinski definition) is 1. The number of esters is 2. The number of aromatic hydroxyl groups is 1. The van der Waals surface area contributed by atoms with Crippen LogP contribution >= 0.6 is 0 Å². The summed E-state index contributed by atoms with van der Waals surface area (Å²) in [5.41, 5.74) is 1.77. The molecule has 0 amide bonds. The molecule has 0 spiro atoms. The van der Waals surface area contributed by atoms with Gasteiger partial charge in [0.15, 0.2) is 5.69 Å². The van der Waals surface area contributed by atoms with Crippen molar-refractivity contribution >= 4 is 11.9 Å². The number of benzene rings is 3. The standard InChI is InChI=1S/C25H19FN2O5/c1-32-24(30)21-22(27-28(23(21)25(31)33-2)18-6-4-3-5-7-18)19-14-16(10-13-20(19)29)15-8-11-17(26)12-9-15/h3-14,29H,1-2H3. The number of nitrogens with zero attached hydrogens (tertiary/aromatic N) is 2. The van der Waals surface area contributed by atoms with Gasteiger partial charge in [0.1, 0.15) is 22.8 Å². The molecule has 0 saturated heterocycles. The molecule has 0 aliphatic rings. The number of para-hydroxylation sites is 1. The summed E-state index contributed by atoms with van der Waals surface area (Å²) in [5.74, 6) is -2.17. The molecule has 0 atom stereocenters. The SMILES string of the molecule is COC(=O)c1c(-c2cc(-c3ccc(F)cc3)ccc2O)nn(-c2ccccc2)c1C(=O)OC. The van der Waals surface area contributed by atoms with Crippen LogP contribution in [0.25, 0.3) is 28.1 Å². The van der Waals surface area contributed by atoms with Crippen molar-refractivity contribution in [2.24, 2.45) is 0 Å². The van der Waals surface area contributed by atoms with E-state index in [0.717, 1.165) is 0 Å². The Kier molecular flexibility index (Phi) is 5.91. The van der Waals surface area contributed by atoms with Crippen molar-refractivity contribution in [3.8, 4) is 33.8 Å². The van der Waals surface area contributed by atoms with Crippen LogP contribution in [-0.2, 0) is 9.47 Å². The second kappa shape index (κ2) is 8.96. The third-order valence-corrected chi connectivity index (χ3v) is 5.08. The summed E-state index contributed by atoms with van der Waals surface area (Å²) in [6.07, 6.45) is 0. The Morgan fingerprint density at radius 1 is 0.879 bits per heavy atom. The van der Waals surface area contributed by atoms with E-state index in [1.807, 2.05) is 0 Å². The summed E-state index contributed by atoms with van der Waals surface area (Å²) in [6, 6.07) is 19.2. The number of hydrogen-bond acceptors (Lipinski definition) is 6. The average Bonchev–Trinajstić information content (AvgIpc) is 3.25. The lowest BCUT2D eigenvalue weighted by atomic mass is 9.98. The number of phenolic OH excluding ortho intramolecular Hbond substituents is 1. The number of methoxy groups -OCH3 is 2. The van der Waals surface area contributed by atoms with Crippen molar-refractivity contribution in [1.29, 1.82) is 0 Å². The number of halogens is 1. The minimum atomic E-state index is -0.820. The van der Waals surface area contributed by atoms with E-state index in [0.29, 0.717) is 16.8 Å². The van der Waals surface area contributed by atoms with Gasteiger partial charge in [0, 0.05) is 5.56 Å². The second-order valence-electron chi connectivity index (χ2n) is 7.04. The molecule has 0 saturated carbocycles. The molecule has 4 rings (SSSR count). The summed E-state index contributed by atoms with van der Waals surface area (Å²) in [5, 5.41) is 15.1. The molecule has 0 fully saturated rings. The maximum atomic E-state index is 13.4. The van der Waals surface area contributed by atoms with E-state index in [4.69, 9.17) is 9.47 Å². The van der Waals surface area contributed by atoms with E-state index >= 15 is 0 Å². The predicted octanol–water partition coefficient (Wildman–Crippen LogP) is 4.62. The van der Waals surface area contributed by atoms with E-state index in [2.05, 4.69) is 5.10 Å². The Bertz CT molecular complexity index is 1330. The Labute approximate surface area is 188 Å². The molecule has 7 nitrogen and oxygen atoms in total. The molecule has 166 valence electrons. The number of phenols is 1. The number of rotatable bonds is 5. The average molecular weight is 446 g/mol. The first-order chi connectivity index (χ1) is 15.9. The monoisotopic (exact) mass is 446 g/mol. The van der Waals surface area contributed by atoms with Crippen LogP contribution in [0.2, 0.25) is 0 Å². The minimum absolute atomic E-state index is 0.0348. The lowest BCUT2D eigenvalue weighted by molar-refractivity contribution is 0.0549. The van der Waals surface area contributed by atoms with Gasteiger partial charge in [-0.25, -0.2) is 18.7 Å². The molecule has 0 bridgehead atoms. The van der Waals surface area contributed by atoms with Gasteiger partial charge in [-0.05, 0) is 47.5 Å². The van der Waals surface area contributed by atoms with Crippen LogP contribution in [-0.4, -0.2) is 41.0 Å². The molecule has 1 heterocycles. The van der Waals surface area contributed by atoms with E-state index in [9.17, 15) is 19.1 Å². The highest BCUT2D eigenvalue weighted by Gasteiger charge is 2.32. The zero-order valence-electron chi connectivity index (χ0n) is 17.8. The predicted molar refractivity (Wildman–Crippen MR) is 119 cm³/mol. The van der Waals surface area contributed by atoms with Crippen LogP contribution in [0.3, 0.4) is 0 Å². The summed E-state index contributed by atoms with van der Waals surface area (Å²) < 4.78 is 24.5. The number of aromatic nitrogens is 2. The van der Waals surface area contributed by atoms with Crippen molar-refractivity contribution in [2.45, 2.75) is 0 Å². The molecule has 0 aliphatic carbocycles. The van der Waals surface area contributed by atoms with Crippen LogP contribution < -0.4 is 0 Å². The maximum absolute atomic E-state index is 13.4. The Balaban J connectivity index is 2.00. The molecule has 3 aromatic carbocycles. The molecule has 0 aliphatic heterocycles. The normalized spacial score (nSPS) is 10.6. The highest BCUT2D eigenvalue weighted by Crippen LogP contribution is 2.37. The fourth-order valence-electron chi connectivity index (χ4n) is 3.49. The van der Waals surface area contributed by atoms with E-state index < -0.39 is 11.9 Å². The zero-order valence-corrected chi connectivity index (χ0v) is 17.8. The lowest BCUT2D eigenvalue weighted by Crippen LogP contribution is -2.15. The molecule has 1 N–H and O–H groups in total. The molecule has 33 heavy (non-hydrogen) atoms. The van der Waals surface area contributed by atoms with Gasteiger partial charge >= 0.3 is 11.9 Å². The maximum Gasteiger partial charge on any atom is 0.357 e. The summed E-state index contributed by atoms with van der Waals surface area (Å²) in [6.45, 7) is 0. The molecule has 8 heteroatoms. The first kappa shape index (κ1) is 21.8. The zero-order chi connectivity index (χ0) is 23.5. The van der Waals surface area contributed by atoms with Gasteiger partial charge in [-0.15, -0.1) is 0 Å². The van der Waals surface area contributed by atoms with Crippen LogP contribution in [0.15, 0.2) is 72.8 Å². The van der Waals surface area contributed by atoms with Crippen molar-refractivity contribution in [3.63, 3.8) is 0 Å². The fourth-order valence-corrected chi connectivity index (χ4v) is 3.49. The third-order valence-electron chi connectivity index (χ3n) is 5.08. The first-order valence-corrected chi connectivity index (χ1v) is 9.89. The summed E-state index contributed by atoms with van der Waals surface area (Å²) in [7, 11) is 2.37. The Morgan fingerprint density at radius 3 is 2.15 bits per heavy atom. The van der Waals surface area contributed by atoms with Crippen LogP contribution in [0, 0.1) is 5.82 Å². The third kappa shape index (κ3) is 4.06. The summed E-state index contributed by atoms with van der Waals surface area (Å²) in [4.78, 5) is 25.5. The molecular weight excluding hydrogens is 427 g/mol. The number of carbonyl (C=O) groups is 2. The van der Waals surface area contributed by atoms with Gasteiger partial charge in [0.05, 0.1) is 19.9 Å². The molecule has 1 aromatic heterocycles. The Hall–Kier alpha value is -4.46. The largest absolute Gasteiger partial charge is 0.507 e. The highest BCUT2D eigenvalue weighted by atomic mass is 19.1. The number of ether oxygens (including phenoxy) is 2. The molecule has 4 aromatic rings. The van der Waals surface area contributed by atoms with Crippen molar-refractivity contribution in [1.82, 2.24) is 9.78 Å². The van der Waals surface area contributed by atoms with Crippen LogP contribution in [0.1, 0.15) is 20.8 Å². The van der Waals surface area contributed by atoms with Gasteiger partial charge < -0.3 is 14.6 Å². The van der Waals surface area contributed by atoms with Gasteiger partial charge in [-0.1, -0.05) is 36.4 Å². The van der Waals surface area contributed by atoms with E-state index in [-0.39, 0.29) is 34.1 Å². The molecular formula is C25H19FN2O5. The first-order valence-electron chi connectivity index (χ1n) is 9.89.